The Balaban J connectivity index is 2.16. The Hall–Kier alpha value is -0.0800. The van der Waals surface area contributed by atoms with Gasteiger partial charge in [0.2, 0.25) is 0 Å². The summed E-state index contributed by atoms with van der Waals surface area (Å²) in [4.78, 5) is 0. The summed E-state index contributed by atoms with van der Waals surface area (Å²) < 4.78 is 0. The summed E-state index contributed by atoms with van der Waals surface area (Å²) in [6.45, 7) is 12.3. The Bertz CT molecular complexity index is 279. The fourth-order valence-corrected chi connectivity index (χ4v) is 3.88. The van der Waals surface area contributed by atoms with Crippen LogP contribution in [-0.2, 0) is 0 Å². The number of nitrogens with one attached hydrogen (secondary N) is 1. The predicted octanol–water partition coefficient (Wildman–Crippen LogP) is 2.56. The molecule has 0 heterocycles. The van der Waals surface area contributed by atoms with Crippen LogP contribution in [0.1, 0.15) is 53.9 Å². The van der Waals surface area contributed by atoms with Crippen molar-refractivity contribution in [2.24, 2.45) is 16.7 Å². The smallest absolute Gasteiger partial charge is 0.0616 e. The van der Waals surface area contributed by atoms with E-state index in [9.17, 15) is 5.11 Å². The van der Waals surface area contributed by atoms with Gasteiger partial charge in [0.25, 0.3) is 0 Å². The van der Waals surface area contributed by atoms with Gasteiger partial charge in [0.15, 0.2) is 0 Å². The molecule has 0 spiro atoms. The van der Waals surface area contributed by atoms with Crippen molar-refractivity contribution in [3.63, 3.8) is 0 Å². The SMILES string of the molecule is CC(C)(C)NC[C@]12CC[C@H](C[C@H]1O)C2(C)C. The Labute approximate surface area is 99.8 Å². The van der Waals surface area contributed by atoms with Gasteiger partial charge in [-0.15, -0.1) is 0 Å². The summed E-state index contributed by atoms with van der Waals surface area (Å²) in [6.07, 6.45) is 3.40. The highest BCUT2D eigenvalue weighted by molar-refractivity contribution is 5.13. The van der Waals surface area contributed by atoms with E-state index in [-0.39, 0.29) is 17.1 Å². The molecular weight excluding hydrogens is 198 g/mol. The number of aliphatic hydroxyl groups is 1. The van der Waals surface area contributed by atoms with Gasteiger partial charge in [0.05, 0.1) is 6.10 Å². The van der Waals surface area contributed by atoms with Crippen molar-refractivity contribution in [2.75, 3.05) is 6.54 Å². The minimum Gasteiger partial charge on any atom is -0.392 e. The maximum atomic E-state index is 10.4. The number of hydrogen-bond donors (Lipinski definition) is 2. The number of fused-ring (bicyclic) bond motifs is 2. The van der Waals surface area contributed by atoms with E-state index in [1.165, 1.54) is 12.8 Å². The van der Waals surface area contributed by atoms with Gasteiger partial charge >= 0.3 is 0 Å². The van der Waals surface area contributed by atoms with Crippen molar-refractivity contribution in [3.8, 4) is 0 Å². The van der Waals surface area contributed by atoms with Crippen molar-refractivity contribution in [3.05, 3.63) is 0 Å². The number of rotatable bonds is 2. The fourth-order valence-electron chi connectivity index (χ4n) is 3.88. The minimum absolute atomic E-state index is 0.101. The van der Waals surface area contributed by atoms with Gasteiger partial charge in [-0.3, -0.25) is 0 Å². The highest BCUT2D eigenvalue weighted by Gasteiger charge is 2.63. The summed E-state index contributed by atoms with van der Waals surface area (Å²) in [5.41, 5.74) is 0.556. The molecule has 2 N–H and O–H groups in total. The van der Waals surface area contributed by atoms with Crippen molar-refractivity contribution in [2.45, 2.75) is 65.5 Å². The topological polar surface area (TPSA) is 32.3 Å². The van der Waals surface area contributed by atoms with E-state index in [0.717, 1.165) is 18.9 Å². The van der Waals surface area contributed by atoms with E-state index in [1.807, 2.05) is 0 Å². The largest absolute Gasteiger partial charge is 0.392 e. The maximum Gasteiger partial charge on any atom is 0.0616 e. The van der Waals surface area contributed by atoms with Crippen molar-refractivity contribution in [1.82, 2.24) is 5.32 Å². The molecule has 2 fully saturated rings. The van der Waals surface area contributed by atoms with Gasteiger partial charge in [-0.05, 0) is 51.4 Å². The molecule has 2 saturated carbocycles. The van der Waals surface area contributed by atoms with Crippen LogP contribution in [0.25, 0.3) is 0 Å². The van der Waals surface area contributed by atoms with E-state index in [2.05, 4.69) is 39.9 Å². The van der Waals surface area contributed by atoms with Crippen molar-refractivity contribution < 1.29 is 5.11 Å². The molecule has 0 aromatic heterocycles. The van der Waals surface area contributed by atoms with Crippen LogP contribution in [0.3, 0.4) is 0 Å². The van der Waals surface area contributed by atoms with Crippen LogP contribution in [0.5, 0.6) is 0 Å². The maximum absolute atomic E-state index is 10.4. The standard InChI is InChI=1S/C14H27NO/c1-12(2,3)15-9-14-7-6-10(8-11(14)16)13(14,4)5/h10-11,15-16H,6-9H2,1-5H3/t10-,11-,14-/m1/s1. The highest BCUT2D eigenvalue weighted by Crippen LogP contribution is 2.65. The molecule has 0 radical (unpaired) electrons. The molecule has 2 aliphatic rings. The van der Waals surface area contributed by atoms with Gasteiger partial charge in [-0.1, -0.05) is 13.8 Å². The number of aliphatic hydroxyl groups excluding tert-OH is 1. The summed E-state index contributed by atoms with van der Waals surface area (Å²) in [5.74, 6) is 0.726. The zero-order valence-corrected chi connectivity index (χ0v) is 11.4. The summed E-state index contributed by atoms with van der Waals surface area (Å²) in [6, 6.07) is 0. The predicted molar refractivity (Wildman–Crippen MR) is 67.3 cm³/mol. The first-order valence-electron chi connectivity index (χ1n) is 6.62. The first-order valence-corrected chi connectivity index (χ1v) is 6.62. The molecule has 2 nitrogen and oxygen atoms in total. The average Bonchev–Trinajstić information content (AvgIpc) is 2.46. The molecule has 0 aromatic rings. The van der Waals surface area contributed by atoms with Gasteiger partial charge in [0, 0.05) is 17.5 Å². The highest BCUT2D eigenvalue weighted by atomic mass is 16.3. The van der Waals surface area contributed by atoms with Crippen LogP contribution in [0.4, 0.5) is 0 Å². The molecule has 2 bridgehead atoms. The normalized spacial score (nSPS) is 41.6. The fraction of sp³-hybridized carbons (Fsp3) is 1.00. The second-order valence-electron chi connectivity index (χ2n) is 7.47. The molecule has 0 amide bonds. The lowest BCUT2D eigenvalue weighted by atomic mass is 9.68. The minimum atomic E-state index is -0.101. The van der Waals surface area contributed by atoms with E-state index >= 15 is 0 Å². The molecule has 16 heavy (non-hydrogen) atoms. The number of hydrogen-bond acceptors (Lipinski definition) is 2. The van der Waals surface area contributed by atoms with Crippen LogP contribution in [0.2, 0.25) is 0 Å². The van der Waals surface area contributed by atoms with E-state index < -0.39 is 0 Å². The third-order valence-electron chi connectivity index (χ3n) is 5.32. The Morgan fingerprint density at radius 3 is 2.31 bits per heavy atom. The molecule has 0 unspecified atom stereocenters. The zero-order valence-electron chi connectivity index (χ0n) is 11.4. The Kier molecular flexibility index (Phi) is 2.67. The van der Waals surface area contributed by atoms with Crippen LogP contribution < -0.4 is 5.32 Å². The lowest BCUT2D eigenvalue weighted by molar-refractivity contribution is -0.00637. The van der Waals surface area contributed by atoms with Crippen LogP contribution in [-0.4, -0.2) is 23.3 Å². The average molecular weight is 225 g/mol. The van der Waals surface area contributed by atoms with Crippen LogP contribution in [0, 0.1) is 16.7 Å². The second-order valence-corrected chi connectivity index (χ2v) is 7.47. The van der Waals surface area contributed by atoms with E-state index in [1.54, 1.807) is 0 Å². The molecule has 0 saturated heterocycles. The molecule has 2 rings (SSSR count). The van der Waals surface area contributed by atoms with Gasteiger partial charge in [-0.2, -0.15) is 0 Å². The molecule has 2 aliphatic carbocycles. The summed E-state index contributed by atoms with van der Waals surface area (Å²) in [7, 11) is 0. The first kappa shape index (κ1) is 12.4. The summed E-state index contributed by atoms with van der Waals surface area (Å²) >= 11 is 0. The third kappa shape index (κ3) is 1.62. The molecular formula is C14H27NO. The van der Waals surface area contributed by atoms with Gasteiger partial charge < -0.3 is 10.4 Å². The zero-order chi connectivity index (χ0) is 12.2. The van der Waals surface area contributed by atoms with E-state index in [4.69, 9.17) is 0 Å². The molecule has 2 heteroatoms. The molecule has 0 aliphatic heterocycles. The second kappa shape index (κ2) is 3.46. The molecule has 3 atom stereocenters. The van der Waals surface area contributed by atoms with Gasteiger partial charge in [0.1, 0.15) is 0 Å². The molecule has 94 valence electrons. The van der Waals surface area contributed by atoms with E-state index in [0.29, 0.717) is 5.41 Å². The van der Waals surface area contributed by atoms with Crippen LogP contribution in [0.15, 0.2) is 0 Å². The lowest BCUT2D eigenvalue weighted by Gasteiger charge is -2.42. The molecule has 0 aromatic carbocycles. The quantitative estimate of drug-likeness (QED) is 0.757. The van der Waals surface area contributed by atoms with Gasteiger partial charge in [-0.25, -0.2) is 0 Å². The monoisotopic (exact) mass is 225 g/mol. The third-order valence-corrected chi connectivity index (χ3v) is 5.32. The summed E-state index contributed by atoms with van der Waals surface area (Å²) in [5, 5.41) is 14.0. The lowest BCUT2D eigenvalue weighted by Crippen LogP contribution is -2.51. The van der Waals surface area contributed by atoms with Crippen molar-refractivity contribution in [1.29, 1.82) is 0 Å². The first-order chi connectivity index (χ1) is 7.19. The Morgan fingerprint density at radius 1 is 1.31 bits per heavy atom. The van der Waals surface area contributed by atoms with Crippen LogP contribution >= 0.6 is 0 Å². The van der Waals surface area contributed by atoms with Crippen molar-refractivity contribution >= 4 is 0 Å². The Morgan fingerprint density at radius 2 is 1.94 bits per heavy atom.